The molecule has 0 N–H and O–H groups in total. The largest absolute Gasteiger partial charge is 0.462 e. The van der Waals surface area contributed by atoms with Crippen molar-refractivity contribution in [2.75, 3.05) is 13.2 Å². The van der Waals surface area contributed by atoms with Crippen molar-refractivity contribution in [3.8, 4) is 0 Å². The molecule has 0 spiro atoms. The van der Waals surface area contributed by atoms with Gasteiger partial charge in [-0.15, -0.1) is 0 Å². The van der Waals surface area contributed by atoms with Crippen molar-refractivity contribution in [2.45, 2.75) is 271 Å². The average Bonchev–Trinajstić information content (AvgIpc) is 3.35. The van der Waals surface area contributed by atoms with Crippen LogP contribution < -0.4 is 0 Å². The summed E-state index contributed by atoms with van der Waals surface area (Å²) < 4.78 is 16.7. The maximum atomic E-state index is 12.8. The molecule has 0 fully saturated rings. The molecule has 1 unspecified atom stereocenters. The van der Waals surface area contributed by atoms with Gasteiger partial charge in [0.1, 0.15) is 13.2 Å². The lowest BCUT2D eigenvalue weighted by Crippen LogP contribution is -2.30. The summed E-state index contributed by atoms with van der Waals surface area (Å²) in [6, 6.07) is 0. The highest BCUT2D eigenvalue weighted by Gasteiger charge is 2.19. The van der Waals surface area contributed by atoms with Crippen LogP contribution in [-0.2, 0) is 28.6 Å². The molecule has 0 aliphatic heterocycles. The van der Waals surface area contributed by atoms with Crippen LogP contribution in [0.4, 0.5) is 0 Å². The molecule has 69 heavy (non-hydrogen) atoms. The van der Waals surface area contributed by atoms with Crippen molar-refractivity contribution in [3.05, 3.63) is 97.2 Å². The van der Waals surface area contributed by atoms with E-state index < -0.39 is 6.10 Å². The Hall–Kier alpha value is -3.67. The summed E-state index contributed by atoms with van der Waals surface area (Å²) >= 11 is 0. The Labute approximate surface area is 426 Å². The van der Waals surface area contributed by atoms with Crippen molar-refractivity contribution in [1.29, 1.82) is 0 Å². The number of hydrogen-bond donors (Lipinski definition) is 0. The first-order valence-corrected chi connectivity index (χ1v) is 28.7. The van der Waals surface area contributed by atoms with Gasteiger partial charge in [0.15, 0.2) is 6.10 Å². The standard InChI is InChI=1S/C63H106O6/c1-4-7-10-13-16-19-22-25-27-28-29-30-31-32-33-34-36-38-41-44-47-50-53-56-62(65)68-59-60(58-67-61(64)55-52-49-46-43-40-37-24-21-18-15-12-9-6-3)69-63(66)57-54-51-48-45-42-39-35-26-23-20-17-14-11-8-5-2/h8-9,11-12,17-18,20-21,26,35,37,40,42,45-46,49,60H,4-7,10,13-16,19,22-25,27-34,36,38-39,41,43-44,47-48,50-59H2,1-3H3/b11-8-,12-9-,20-17-,21-18-,35-26-,40-37-,45-42-,49-46-. The van der Waals surface area contributed by atoms with Crippen LogP contribution in [0.15, 0.2) is 97.2 Å². The second-order valence-corrected chi connectivity index (χ2v) is 18.8. The number of unbranched alkanes of at least 4 members (excludes halogenated alkanes) is 24. The van der Waals surface area contributed by atoms with Gasteiger partial charge in [-0.2, -0.15) is 0 Å². The molecular weight excluding hydrogens is 853 g/mol. The molecule has 1 atom stereocenters. The van der Waals surface area contributed by atoms with Crippen LogP contribution in [0.3, 0.4) is 0 Å². The maximum absolute atomic E-state index is 12.8. The zero-order chi connectivity index (χ0) is 50.0. The average molecular weight is 960 g/mol. The quantitative estimate of drug-likeness (QED) is 0.0262. The fraction of sp³-hybridized carbons (Fsp3) is 0.698. The summed E-state index contributed by atoms with van der Waals surface area (Å²) in [5.74, 6) is -1.04. The molecule has 0 aliphatic carbocycles. The third-order valence-corrected chi connectivity index (χ3v) is 12.1. The highest BCUT2D eigenvalue weighted by atomic mass is 16.6. The van der Waals surface area contributed by atoms with E-state index in [1.807, 2.05) is 12.2 Å². The molecule has 0 saturated carbocycles. The summed E-state index contributed by atoms with van der Waals surface area (Å²) in [7, 11) is 0. The van der Waals surface area contributed by atoms with Crippen LogP contribution in [-0.4, -0.2) is 37.2 Å². The van der Waals surface area contributed by atoms with Gasteiger partial charge in [0.2, 0.25) is 0 Å². The van der Waals surface area contributed by atoms with Crippen LogP contribution in [0, 0.1) is 0 Å². The Morgan fingerprint density at radius 1 is 0.304 bits per heavy atom. The molecule has 394 valence electrons. The van der Waals surface area contributed by atoms with Gasteiger partial charge in [-0.25, -0.2) is 0 Å². The minimum Gasteiger partial charge on any atom is -0.462 e. The summed E-state index contributed by atoms with van der Waals surface area (Å²) in [4.78, 5) is 38.0. The first-order chi connectivity index (χ1) is 34.0. The van der Waals surface area contributed by atoms with Crippen molar-refractivity contribution >= 4 is 17.9 Å². The smallest absolute Gasteiger partial charge is 0.306 e. The molecule has 0 aliphatic rings. The van der Waals surface area contributed by atoms with Crippen LogP contribution in [0.5, 0.6) is 0 Å². The third kappa shape index (κ3) is 55.1. The topological polar surface area (TPSA) is 78.9 Å². The molecule has 0 radical (unpaired) electrons. The molecular formula is C63H106O6. The summed E-state index contributed by atoms with van der Waals surface area (Å²) in [6.45, 7) is 6.32. The SMILES string of the molecule is CC/C=C\C/C=C\C/C=C\C/C=C\CCCCC(=O)OC(COC(=O)CC/C=C\C/C=C\C/C=C\C/C=C\CC)COC(=O)CCCCCCCCCCCCCCCCCCCCCCCCC. The molecule has 0 amide bonds. The van der Waals surface area contributed by atoms with Gasteiger partial charge in [0, 0.05) is 19.3 Å². The van der Waals surface area contributed by atoms with Crippen molar-refractivity contribution in [3.63, 3.8) is 0 Å². The van der Waals surface area contributed by atoms with Gasteiger partial charge >= 0.3 is 17.9 Å². The second kappa shape index (κ2) is 56.9. The lowest BCUT2D eigenvalue weighted by Gasteiger charge is -2.18. The predicted molar refractivity (Wildman–Crippen MR) is 297 cm³/mol. The van der Waals surface area contributed by atoms with E-state index in [1.54, 1.807) is 0 Å². The molecule has 0 rings (SSSR count). The monoisotopic (exact) mass is 959 g/mol. The number of esters is 3. The van der Waals surface area contributed by atoms with E-state index >= 15 is 0 Å². The number of ether oxygens (including phenoxy) is 3. The minimum atomic E-state index is -0.827. The lowest BCUT2D eigenvalue weighted by molar-refractivity contribution is -0.166. The van der Waals surface area contributed by atoms with E-state index in [2.05, 4.69) is 106 Å². The van der Waals surface area contributed by atoms with Gasteiger partial charge in [-0.3, -0.25) is 14.4 Å². The highest BCUT2D eigenvalue weighted by molar-refractivity contribution is 5.71. The van der Waals surface area contributed by atoms with Gasteiger partial charge in [0.25, 0.3) is 0 Å². The Morgan fingerprint density at radius 3 is 0.971 bits per heavy atom. The second-order valence-electron chi connectivity index (χ2n) is 18.8. The third-order valence-electron chi connectivity index (χ3n) is 12.1. The Kier molecular flexibility index (Phi) is 53.9. The first kappa shape index (κ1) is 65.3. The summed E-state index contributed by atoms with van der Waals surface area (Å²) in [5, 5.41) is 0. The van der Waals surface area contributed by atoms with Crippen LogP contribution >= 0.6 is 0 Å². The number of carbonyl (C=O) groups excluding carboxylic acids is 3. The molecule has 0 bridgehead atoms. The van der Waals surface area contributed by atoms with Crippen molar-refractivity contribution in [1.82, 2.24) is 0 Å². The Balaban J connectivity index is 4.38. The maximum Gasteiger partial charge on any atom is 0.306 e. The van der Waals surface area contributed by atoms with Gasteiger partial charge < -0.3 is 14.2 Å². The highest BCUT2D eigenvalue weighted by Crippen LogP contribution is 2.16. The fourth-order valence-corrected chi connectivity index (χ4v) is 7.86. The molecule has 0 aromatic carbocycles. The van der Waals surface area contributed by atoms with E-state index in [0.717, 1.165) is 83.5 Å². The van der Waals surface area contributed by atoms with Gasteiger partial charge in [-0.05, 0) is 83.5 Å². The Morgan fingerprint density at radius 2 is 0.594 bits per heavy atom. The van der Waals surface area contributed by atoms with Crippen molar-refractivity contribution in [2.24, 2.45) is 0 Å². The molecule has 0 saturated heterocycles. The number of hydrogen-bond acceptors (Lipinski definition) is 6. The van der Waals surface area contributed by atoms with E-state index in [0.29, 0.717) is 19.3 Å². The van der Waals surface area contributed by atoms with Gasteiger partial charge in [-0.1, -0.05) is 259 Å². The van der Waals surface area contributed by atoms with Crippen molar-refractivity contribution < 1.29 is 28.6 Å². The summed E-state index contributed by atoms with van der Waals surface area (Å²) in [6.07, 6.45) is 75.8. The Bertz CT molecular complexity index is 1380. The molecule has 6 nitrogen and oxygen atoms in total. The predicted octanol–water partition coefficient (Wildman–Crippen LogP) is 19.3. The van der Waals surface area contributed by atoms with Crippen LogP contribution in [0.2, 0.25) is 0 Å². The molecule has 0 aromatic heterocycles. The number of carbonyl (C=O) groups is 3. The molecule has 6 heteroatoms. The first-order valence-electron chi connectivity index (χ1n) is 28.7. The fourth-order valence-electron chi connectivity index (χ4n) is 7.86. The normalized spacial score (nSPS) is 12.8. The molecule has 0 heterocycles. The zero-order valence-corrected chi connectivity index (χ0v) is 45.0. The van der Waals surface area contributed by atoms with E-state index in [1.165, 1.54) is 128 Å². The lowest BCUT2D eigenvalue weighted by atomic mass is 10.0. The van der Waals surface area contributed by atoms with Crippen LogP contribution in [0.1, 0.15) is 265 Å². The number of rotatable bonds is 51. The van der Waals surface area contributed by atoms with E-state index in [4.69, 9.17) is 14.2 Å². The van der Waals surface area contributed by atoms with E-state index in [-0.39, 0.29) is 44.0 Å². The number of allylic oxidation sites excluding steroid dienone is 16. The van der Waals surface area contributed by atoms with Crippen LogP contribution in [0.25, 0.3) is 0 Å². The minimum absolute atomic E-state index is 0.115. The van der Waals surface area contributed by atoms with Gasteiger partial charge in [0.05, 0.1) is 0 Å². The molecule has 0 aromatic rings. The zero-order valence-electron chi connectivity index (χ0n) is 45.0. The summed E-state index contributed by atoms with van der Waals surface area (Å²) in [5.41, 5.74) is 0. The van der Waals surface area contributed by atoms with E-state index in [9.17, 15) is 14.4 Å².